The second-order valence-corrected chi connectivity index (χ2v) is 5.97. The van der Waals surface area contributed by atoms with E-state index in [2.05, 4.69) is 24.3 Å². The molecule has 0 radical (unpaired) electrons. The highest BCUT2D eigenvalue weighted by Crippen LogP contribution is 2.37. The molecular formula is C15H21NO2S. The van der Waals surface area contributed by atoms with Crippen LogP contribution in [-0.2, 0) is 16.0 Å². The smallest absolute Gasteiger partial charge is 0.322 e. The van der Waals surface area contributed by atoms with Crippen molar-refractivity contribution < 1.29 is 9.53 Å². The van der Waals surface area contributed by atoms with Crippen LogP contribution in [0.5, 0.6) is 0 Å². The first-order chi connectivity index (χ1) is 9.22. The minimum Gasteiger partial charge on any atom is -0.465 e. The third-order valence-electron chi connectivity index (χ3n) is 3.44. The summed E-state index contributed by atoms with van der Waals surface area (Å²) in [5.74, 6) is 2.43. The van der Waals surface area contributed by atoms with Gasteiger partial charge in [0.1, 0.15) is 6.04 Å². The summed E-state index contributed by atoms with van der Waals surface area (Å²) in [7, 11) is 0. The predicted molar refractivity (Wildman–Crippen MR) is 79.4 cm³/mol. The Hall–Kier alpha value is -1.00. The monoisotopic (exact) mass is 279 g/mol. The van der Waals surface area contributed by atoms with Crippen molar-refractivity contribution in [3.8, 4) is 0 Å². The molecular weight excluding hydrogens is 258 g/mol. The van der Waals surface area contributed by atoms with E-state index < -0.39 is 6.04 Å². The molecule has 0 spiro atoms. The molecule has 104 valence electrons. The van der Waals surface area contributed by atoms with Crippen LogP contribution in [-0.4, -0.2) is 30.1 Å². The molecule has 0 saturated carbocycles. The van der Waals surface area contributed by atoms with Crippen LogP contribution in [0.15, 0.2) is 24.3 Å². The Bertz CT molecular complexity index is 436. The second-order valence-electron chi connectivity index (χ2n) is 4.82. The second kappa shape index (κ2) is 6.96. The van der Waals surface area contributed by atoms with E-state index in [4.69, 9.17) is 10.5 Å². The molecule has 19 heavy (non-hydrogen) atoms. The molecule has 0 bridgehead atoms. The fourth-order valence-electron chi connectivity index (χ4n) is 2.31. The van der Waals surface area contributed by atoms with Crippen molar-refractivity contribution in [1.82, 2.24) is 0 Å². The first-order valence-corrected chi connectivity index (χ1v) is 7.95. The molecule has 0 saturated heterocycles. The number of esters is 1. The molecule has 0 aliphatic heterocycles. The fraction of sp³-hybridized carbons (Fsp3) is 0.533. The Labute approximate surface area is 118 Å². The largest absolute Gasteiger partial charge is 0.465 e. The molecule has 0 aromatic heterocycles. The van der Waals surface area contributed by atoms with Crippen molar-refractivity contribution in [2.24, 2.45) is 5.73 Å². The van der Waals surface area contributed by atoms with Gasteiger partial charge in [0, 0.05) is 5.75 Å². The van der Waals surface area contributed by atoms with E-state index in [-0.39, 0.29) is 5.97 Å². The van der Waals surface area contributed by atoms with Crippen LogP contribution in [0.3, 0.4) is 0 Å². The van der Waals surface area contributed by atoms with Gasteiger partial charge in [0.15, 0.2) is 0 Å². The van der Waals surface area contributed by atoms with Gasteiger partial charge in [0.2, 0.25) is 0 Å². The molecule has 3 nitrogen and oxygen atoms in total. The third kappa shape index (κ3) is 3.74. The van der Waals surface area contributed by atoms with E-state index in [0.29, 0.717) is 18.9 Å². The molecule has 0 fully saturated rings. The summed E-state index contributed by atoms with van der Waals surface area (Å²) in [6.45, 7) is 2.20. The van der Waals surface area contributed by atoms with Gasteiger partial charge in [-0.1, -0.05) is 24.3 Å². The van der Waals surface area contributed by atoms with Gasteiger partial charge >= 0.3 is 5.97 Å². The summed E-state index contributed by atoms with van der Waals surface area (Å²) in [6.07, 6.45) is 1.88. The quantitative estimate of drug-likeness (QED) is 0.615. The zero-order valence-corrected chi connectivity index (χ0v) is 12.1. The van der Waals surface area contributed by atoms with E-state index in [0.717, 1.165) is 11.5 Å². The maximum absolute atomic E-state index is 11.3. The van der Waals surface area contributed by atoms with Gasteiger partial charge in [0.05, 0.1) is 6.61 Å². The van der Waals surface area contributed by atoms with Crippen LogP contribution in [0.4, 0.5) is 0 Å². The standard InChI is InChI=1S/C15H21NO2S/c1-2-18-15(17)14(16)7-8-19-10-12-9-11-5-3-4-6-13(11)12/h3-6,12,14H,2,7-10,16H2,1H3. The lowest BCUT2D eigenvalue weighted by atomic mass is 9.79. The zero-order chi connectivity index (χ0) is 13.7. The van der Waals surface area contributed by atoms with Crippen LogP contribution in [0.2, 0.25) is 0 Å². The SMILES string of the molecule is CCOC(=O)C(N)CCSCC1Cc2ccccc21. The molecule has 0 amide bonds. The average Bonchev–Trinajstić information content (AvgIpc) is 2.39. The summed E-state index contributed by atoms with van der Waals surface area (Å²) in [5.41, 5.74) is 8.73. The molecule has 4 heteroatoms. The van der Waals surface area contributed by atoms with Crippen molar-refractivity contribution in [1.29, 1.82) is 0 Å². The summed E-state index contributed by atoms with van der Waals surface area (Å²) in [4.78, 5) is 11.3. The van der Waals surface area contributed by atoms with Crippen LogP contribution < -0.4 is 5.73 Å². The molecule has 1 aliphatic carbocycles. The van der Waals surface area contributed by atoms with E-state index in [9.17, 15) is 4.79 Å². The maximum atomic E-state index is 11.3. The van der Waals surface area contributed by atoms with Gasteiger partial charge in [-0.2, -0.15) is 11.8 Å². The number of hydrogen-bond donors (Lipinski definition) is 1. The molecule has 2 atom stereocenters. The third-order valence-corrected chi connectivity index (χ3v) is 4.61. The first-order valence-electron chi connectivity index (χ1n) is 6.80. The molecule has 1 aliphatic rings. The van der Waals surface area contributed by atoms with Crippen molar-refractivity contribution >= 4 is 17.7 Å². The highest BCUT2D eigenvalue weighted by molar-refractivity contribution is 7.99. The summed E-state index contributed by atoms with van der Waals surface area (Å²) >= 11 is 1.88. The zero-order valence-electron chi connectivity index (χ0n) is 11.3. The number of rotatable bonds is 7. The van der Waals surface area contributed by atoms with Crippen LogP contribution in [0.25, 0.3) is 0 Å². The van der Waals surface area contributed by atoms with Crippen molar-refractivity contribution in [3.05, 3.63) is 35.4 Å². The summed E-state index contributed by atoms with van der Waals surface area (Å²) < 4.78 is 4.89. The predicted octanol–water partition coefficient (Wildman–Crippen LogP) is 2.34. The Morgan fingerprint density at radius 3 is 3.05 bits per heavy atom. The maximum Gasteiger partial charge on any atom is 0.322 e. The van der Waals surface area contributed by atoms with Crippen LogP contribution in [0.1, 0.15) is 30.4 Å². The number of hydrogen-bond acceptors (Lipinski definition) is 4. The van der Waals surface area contributed by atoms with E-state index in [1.807, 2.05) is 11.8 Å². The molecule has 2 rings (SSSR count). The van der Waals surface area contributed by atoms with Gasteiger partial charge in [-0.3, -0.25) is 4.79 Å². The molecule has 2 N–H and O–H groups in total. The van der Waals surface area contributed by atoms with Crippen molar-refractivity contribution in [3.63, 3.8) is 0 Å². The van der Waals surface area contributed by atoms with Crippen LogP contribution >= 0.6 is 11.8 Å². The summed E-state index contributed by atoms with van der Waals surface area (Å²) in [6, 6.07) is 8.15. The highest BCUT2D eigenvalue weighted by atomic mass is 32.2. The molecule has 1 aromatic rings. The normalized spacial score (nSPS) is 18.3. The number of benzene rings is 1. The number of fused-ring (bicyclic) bond motifs is 1. The van der Waals surface area contributed by atoms with Crippen molar-refractivity contribution in [2.45, 2.75) is 31.7 Å². The summed E-state index contributed by atoms with van der Waals surface area (Å²) in [5, 5.41) is 0. The number of ether oxygens (including phenoxy) is 1. The Kier molecular flexibility index (Phi) is 5.28. The molecule has 1 aromatic carbocycles. The van der Waals surface area contributed by atoms with Gasteiger partial charge < -0.3 is 10.5 Å². The van der Waals surface area contributed by atoms with Gasteiger partial charge in [-0.25, -0.2) is 0 Å². The topological polar surface area (TPSA) is 52.3 Å². The number of carbonyl (C=O) groups is 1. The van der Waals surface area contributed by atoms with E-state index >= 15 is 0 Å². The van der Waals surface area contributed by atoms with Gasteiger partial charge in [-0.15, -0.1) is 0 Å². The fourth-order valence-corrected chi connectivity index (χ4v) is 3.48. The minimum absolute atomic E-state index is 0.280. The lowest BCUT2D eigenvalue weighted by Crippen LogP contribution is -2.32. The average molecular weight is 279 g/mol. The Morgan fingerprint density at radius 2 is 2.32 bits per heavy atom. The molecule has 2 unspecified atom stereocenters. The van der Waals surface area contributed by atoms with E-state index in [1.54, 1.807) is 6.92 Å². The van der Waals surface area contributed by atoms with Crippen LogP contribution in [0, 0.1) is 0 Å². The Balaban J connectivity index is 1.62. The first kappa shape index (κ1) is 14.4. The molecule has 0 heterocycles. The van der Waals surface area contributed by atoms with Gasteiger partial charge in [0.25, 0.3) is 0 Å². The lowest BCUT2D eigenvalue weighted by Gasteiger charge is -2.29. The number of carbonyl (C=O) groups excluding carboxylic acids is 1. The van der Waals surface area contributed by atoms with Crippen molar-refractivity contribution in [2.75, 3.05) is 18.1 Å². The Morgan fingerprint density at radius 1 is 1.53 bits per heavy atom. The highest BCUT2D eigenvalue weighted by Gasteiger charge is 2.25. The number of nitrogens with two attached hydrogens (primary N) is 1. The van der Waals surface area contributed by atoms with E-state index in [1.165, 1.54) is 17.5 Å². The number of thioether (sulfide) groups is 1. The van der Waals surface area contributed by atoms with Gasteiger partial charge in [-0.05, 0) is 42.6 Å². The lowest BCUT2D eigenvalue weighted by molar-refractivity contribution is -0.144. The minimum atomic E-state index is -0.471.